The Hall–Kier alpha value is -1.44. The molecule has 0 N–H and O–H groups in total. The molecule has 2 rings (SSSR count). The fourth-order valence-electron chi connectivity index (χ4n) is 4.96. The molecule has 2 atom stereocenters. The van der Waals surface area contributed by atoms with Gasteiger partial charge in [-0.2, -0.15) is 0 Å². The van der Waals surface area contributed by atoms with Gasteiger partial charge >= 0.3 is 0 Å². The number of ketones is 1. The van der Waals surface area contributed by atoms with Gasteiger partial charge < -0.3 is 9.16 Å². The molecular formula is C20H33NO5Si. The van der Waals surface area contributed by atoms with Crippen molar-refractivity contribution in [3.63, 3.8) is 0 Å². The van der Waals surface area contributed by atoms with E-state index in [0.717, 1.165) is 0 Å². The zero-order chi connectivity index (χ0) is 20.6. The second kappa shape index (κ2) is 7.89. The second-order valence-electron chi connectivity index (χ2n) is 8.32. The molecule has 152 valence electrons. The summed E-state index contributed by atoms with van der Waals surface area (Å²) in [7, 11) is 0.701. The van der Waals surface area contributed by atoms with Crippen molar-refractivity contribution in [2.24, 2.45) is 0 Å². The van der Waals surface area contributed by atoms with Gasteiger partial charge in [-0.1, -0.05) is 41.5 Å². The minimum atomic E-state index is -2.26. The highest BCUT2D eigenvalue weighted by Gasteiger charge is 2.58. The molecular weight excluding hydrogens is 362 g/mol. The van der Waals surface area contributed by atoms with E-state index in [1.807, 2.05) is 0 Å². The maximum atomic E-state index is 13.2. The molecule has 2 aliphatic rings. The lowest BCUT2D eigenvalue weighted by Crippen LogP contribution is -2.51. The lowest BCUT2D eigenvalue weighted by molar-refractivity contribution is -0.189. The lowest BCUT2D eigenvalue weighted by atomic mass is 9.89. The summed E-state index contributed by atoms with van der Waals surface area (Å²) in [6.07, 6.45) is 4.31. The van der Waals surface area contributed by atoms with Crippen LogP contribution in [0.1, 0.15) is 48.0 Å². The summed E-state index contributed by atoms with van der Waals surface area (Å²) in [4.78, 5) is 30.5. The molecule has 0 saturated carbocycles. The highest BCUT2D eigenvalue weighted by Crippen LogP contribution is 2.47. The number of carbonyl (C=O) groups excluding carboxylic acids is 2. The predicted octanol–water partition coefficient (Wildman–Crippen LogP) is 3.75. The Bertz CT molecular complexity index is 633. The van der Waals surface area contributed by atoms with E-state index in [1.54, 1.807) is 6.08 Å². The van der Waals surface area contributed by atoms with Crippen molar-refractivity contribution in [1.29, 1.82) is 0 Å². The average molecular weight is 396 g/mol. The van der Waals surface area contributed by atoms with Crippen LogP contribution in [0.25, 0.3) is 0 Å². The van der Waals surface area contributed by atoms with Crippen molar-refractivity contribution in [3.8, 4) is 0 Å². The molecule has 27 heavy (non-hydrogen) atoms. The van der Waals surface area contributed by atoms with Gasteiger partial charge in [0.2, 0.25) is 8.32 Å². The number of rotatable bonds is 7. The molecule has 7 heteroatoms. The van der Waals surface area contributed by atoms with Crippen LogP contribution in [0.2, 0.25) is 16.6 Å². The Morgan fingerprint density at radius 2 is 1.63 bits per heavy atom. The van der Waals surface area contributed by atoms with E-state index in [9.17, 15) is 9.59 Å². The van der Waals surface area contributed by atoms with E-state index in [0.29, 0.717) is 28.8 Å². The number of methoxy groups -OCH3 is 1. The number of ether oxygens (including phenoxy) is 1. The largest absolute Gasteiger partial charge is 0.498 e. The Morgan fingerprint density at radius 3 is 2.07 bits per heavy atom. The topological polar surface area (TPSA) is 65.1 Å². The third-order valence-corrected chi connectivity index (χ3v) is 12.1. The maximum absolute atomic E-state index is 13.2. The fraction of sp³-hybridized carbons (Fsp3) is 0.700. The van der Waals surface area contributed by atoms with Crippen molar-refractivity contribution in [2.75, 3.05) is 14.2 Å². The summed E-state index contributed by atoms with van der Waals surface area (Å²) in [5.41, 5.74) is 0.140. The lowest BCUT2D eigenvalue weighted by Gasteiger charge is -2.43. The normalized spacial score (nSPS) is 26.1. The SMILES string of the molecule is COC1=CC(=O)C=C[C@@]12C[C@H](O[Si](C(C)C)(C(C)C)C(C)C)C(=O)N2OC. The van der Waals surface area contributed by atoms with E-state index in [2.05, 4.69) is 41.5 Å². The summed E-state index contributed by atoms with van der Waals surface area (Å²) < 4.78 is 12.2. The summed E-state index contributed by atoms with van der Waals surface area (Å²) in [5, 5.41) is 1.30. The summed E-state index contributed by atoms with van der Waals surface area (Å²) >= 11 is 0. The van der Waals surface area contributed by atoms with Crippen molar-refractivity contribution in [2.45, 2.75) is 76.2 Å². The van der Waals surface area contributed by atoms with Gasteiger partial charge in [-0.3, -0.25) is 14.4 Å². The van der Waals surface area contributed by atoms with Gasteiger partial charge in [0, 0.05) is 12.5 Å². The summed E-state index contributed by atoms with van der Waals surface area (Å²) in [6.45, 7) is 13.1. The average Bonchev–Trinajstić information content (AvgIpc) is 2.85. The highest BCUT2D eigenvalue weighted by atomic mass is 28.4. The zero-order valence-electron chi connectivity index (χ0n) is 17.7. The molecule has 0 bridgehead atoms. The van der Waals surface area contributed by atoms with Crippen LogP contribution >= 0.6 is 0 Å². The highest BCUT2D eigenvalue weighted by molar-refractivity contribution is 6.77. The molecule has 6 nitrogen and oxygen atoms in total. The monoisotopic (exact) mass is 395 g/mol. The van der Waals surface area contributed by atoms with Crippen molar-refractivity contribution in [3.05, 3.63) is 24.0 Å². The first kappa shape index (κ1) is 21.9. The minimum Gasteiger partial charge on any atom is -0.498 e. The molecule has 1 saturated heterocycles. The number of carbonyl (C=O) groups is 2. The van der Waals surface area contributed by atoms with Crippen LogP contribution < -0.4 is 0 Å². The zero-order valence-corrected chi connectivity index (χ0v) is 18.7. The van der Waals surface area contributed by atoms with Gasteiger partial charge in [-0.05, 0) is 28.8 Å². The molecule has 1 amide bonds. The van der Waals surface area contributed by atoms with Gasteiger partial charge in [0.05, 0.1) is 14.2 Å². The van der Waals surface area contributed by atoms with E-state index in [1.165, 1.54) is 31.4 Å². The number of nitrogens with zero attached hydrogens (tertiary/aromatic N) is 1. The van der Waals surface area contributed by atoms with Crippen LogP contribution in [-0.2, 0) is 23.6 Å². The Kier molecular flexibility index (Phi) is 6.39. The first-order valence-corrected chi connectivity index (χ1v) is 11.8. The Balaban J connectivity index is 2.46. The van der Waals surface area contributed by atoms with Crippen LogP contribution in [0, 0.1) is 0 Å². The van der Waals surface area contributed by atoms with Gasteiger partial charge in [0.15, 0.2) is 5.78 Å². The smallest absolute Gasteiger partial charge is 0.275 e. The van der Waals surface area contributed by atoms with Crippen LogP contribution in [0.4, 0.5) is 0 Å². The molecule has 0 radical (unpaired) electrons. The van der Waals surface area contributed by atoms with Crippen molar-refractivity contribution < 1.29 is 23.6 Å². The quantitative estimate of drug-likeness (QED) is 0.614. The summed E-state index contributed by atoms with van der Waals surface area (Å²) in [5.74, 6) is 0.0149. The van der Waals surface area contributed by atoms with E-state index in [-0.39, 0.29) is 11.7 Å². The third kappa shape index (κ3) is 3.41. The number of allylic oxidation sites excluding steroid dienone is 2. The van der Waals surface area contributed by atoms with Crippen LogP contribution in [-0.4, -0.2) is 50.9 Å². The maximum Gasteiger partial charge on any atom is 0.275 e. The minimum absolute atomic E-state index is 0.166. The van der Waals surface area contributed by atoms with E-state index in [4.69, 9.17) is 14.0 Å². The van der Waals surface area contributed by atoms with Crippen LogP contribution in [0.5, 0.6) is 0 Å². The molecule has 0 aromatic rings. The molecule has 0 aromatic carbocycles. The number of amides is 1. The Morgan fingerprint density at radius 1 is 1.07 bits per heavy atom. The van der Waals surface area contributed by atoms with Gasteiger partial charge in [0.25, 0.3) is 5.91 Å². The molecule has 0 unspecified atom stereocenters. The first-order valence-electron chi connectivity index (χ1n) is 9.62. The van der Waals surface area contributed by atoms with Crippen LogP contribution in [0.15, 0.2) is 24.0 Å². The molecule has 1 heterocycles. The van der Waals surface area contributed by atoms with E-state index < -0.39 is 20.0 Å². The number of hydrogen-bond donors (Lipinski definition) is 0. The molecule has 1 spiro atoms. The predicted molar refractivity (Wildman–Crippen MR) is 106 cm³/mol. The van der Waals surface area contributed by atoms with Crippen molar-refractivity contribution in [1.82, 2.24) is 5.06 Å². The van der Waals surface area contributed by atoms with Gasteiger partial charge in [0.1, 0.15) is 17.4 Å². The van der Waals surface area contributed by atoms with Crippen molar-refractivity contribution >= 4 is 20.0 Å². The third-order valence-electron chi connectivity index (χ3n) is 6.01. The summed E-state index contributed by atoms with van der Waals surface area (Å²) in [6, 6.07) is 0. The van der Waals surface area contributed by atoms with Crippen LogP contribution in [0.3, 0.4) is 0 Å². The standard InChI is InChI=1S/C20H33NO5Si/c1-13(2)27(14(3)4,15(5)6)26-17-12-20(21(25-8)19(17)23)10-9-16(22)11-18(20)24-7/h9-11,13-15,17H,12H2,1-8H3/t17-,20+/m0/s1. The number of hydroxylamine groups is 2. The van der Waals surface area contributed by atoms with Gasteiger partial charge in [-0.25, -0.2) is 5.06 Å². The molecule has 0 aromatic heterocycles. The molecule has 1 fully saturated rings. The second-order valence-corrected chi connectivity index (χ2v) is 13.7. The Labute approximate surface area is 163 Å². The van der Waals surface area contributed by atoms with E-state index >= 15 is 0 Å². The molecule has 1 aliphatic carbocycles. The number of hydrogen-bond acceptors (Lipinski definition) is 5. The fourth-order valence-corrected chi connectivity index (χ4v) is 10.4. The van der Waals surface area contributed by atoms with Gasteiger partial charge in [-0.15, -0.1) is 0 Å². The first-order chi connectivity index (χ1) is 12.6. The molecule has 1 aliphatic heterocycles.